The molecule has 1 aliphatic carbocycles. The van der Waals surface area contributed by atoms with Crippen LogP contribution < -0.4 is 5.73 Å². The average molecular weight is 310 g/mol. The van der Waals surface area contributed by atoms with Crippen LogP contribution in [0.4, 0.5) is 0 Å². The lowest BCUT2D eigenvalue weighted by molar-refractivity contribution is 0.341. The smallest absolute Gasteiger partial charge is 0.243 e. The zero-order chi connectivity index (χ0) is 15.6. The summed E-state index contributed by atoms with van der Waals surface area (Å²) in [5, 5.41) is 0. The van der Waals surface area contributed by atoms with E-state index in [1.165, 1.54) is 0 Å². The molecule has 118 valence electrons. The van der Waals surface area contributed by atoms with Gasteiger partial charge in [-0.1, -0.05) is 19.1 Å². The van der Waals surface area contributed by atoms with Crippen molar-refractivity contribution >= 4 is 10.0 Å². The summed E-state index contributed by atoms with van der Waals surface area (Å²) < 4.78 is 27.8. The van der Waals surface area contributed by atoms with Crippen molar-refractivity contribution in [1.82, 2.24) is 4.31 Å². The lowest BCUT2D eigenvalue weighted by Gasteiger charge is -2.27. The van der Waals surface area contributed by atoms with E-state index in [1.54, 1.807) is 10.4 Å². The first-order valence-corrected chi connectivity index (χ1v) is 9.17. The van der Waals surface area contributed by atoms with Gasteiger partial charge in [-0.15, -0.1) is 0 Å². The van der Waals surface area contributed by atoms with Crippen LogP contribution in [0.15, 0.2) is 23.1 Å². The Morgan fingerprint density at radius 1 is 1.33 bits per heavy atom. The number of nitrogens with two attached hydrogens (primary N) is 1. The van der Waals surface area contributed by atoms with Crippen LogP contribution in [0.1, 0.15) is 44.7 Å². The largest absolute Gasteiger partial charge is 0.326 e. The minimum Gasteiger partial charge on any atom is -0.326 e. The molecule has 0 amide bonds. The van der Waals surface area contributed by atoms with Crippen molar-refractivity contribution in [2.24, 2.45) is 11.7 Å². The highest BCUT2D eigenvalue weighted by molar-refractivity contribution is 7.89. The molecule has 0 heterocycles. The third kappa shape index (κ3) is 3.65. The van der Waals surface area contributed by atoms with Crippen molar-refractivity contribution < 1.29 is 8.42 Å². The van der Waals surface area contributed by atoms with Crippen LogP contribution in [0.2, 0.25) is 0 Å². The average Bonchev–Trinajstić information content (AvgIpc) is 3.27. The van der Waals surface area contributed by atoms with Crippen molar-refractivity contribution in [2.75, 3.05) is 6.54 Å². The van der Waals surface area contributed by atoms with Gasteiger partial charge in [-0.3, -0.25) is 0 Å². The molecule has 0 saturated heterocycles. The molecule has 21 heavy (non-hydrogen) atoms. The molecule has 5 heteroatoms. The third-order valence-corrected chi connectivity index (χ3v) is 6.17. The molecule has 1 aromatic carbocycles. The SMILES string of the molecule is CCc1ccc(CN)cc1S(=O)(=O)N(CC1CC1)C(C)C. The fourth-order valence-corrected chi connectivity index (χ4v) is 4.58. The number of hydrogen-bond donors (Lipinski definition) is 1. The van der Waals surface area contributed by atoms with Crippen LogP contribution in [0.5, 0.6) is 0 Å². The van der Waals surface area contributed by atoms with Gasteiger partial charge in [0.2, 0.25) is 10.0 Å². The van der Waals surface area contributed by atoms with Gasteiger partial charge in [-0.2, -0.15) is 4.31 Å². The minimum atomic E-state index is -3.45. The van der Waals surface area contributed by atoms with E-state index in [4.69, 9.17) is 5.73 Å². The molecule has 0 spiro atoms. The van der Waals surface area contributed by atoms with Gasteiger partial charge < -0.3 is 5.73 Å². The van der Waals surface area contributed by atoms with Gasteiger partial charge in [0.05, 0.1) is 4.90 Å². The molecule has 0 radical (unpaired) electrons. The quantitative estimate of drug-likeness (QED) is 0.841. The maximum absolute atomic E-state index is 13.1. The van der Waals surface area contributed by atoms with Gasteiger partial charge in [0, 0.05) is 19.1 Å². The molecule has 0 aromatic heterocycles. The van der Waals surface area contributed by atoms with Crippen molar-refractivity contribution in [3.8, 4) is 0 Å². The highest BCUT2D eigenvalue weighted by atomic mass is 32.2. The lowest BCUT2D eigenvalue weighted by atomic mass is 10.1. The Morgan fingerprint density at radius 3 is 2.48 bits per heavy atom. The first kappa shape index (κ1) is 16.5. The zero-order valence-electron chi connectivity index (χ0n) is 13.2. The molecule has 0 bridgehead atoms. The molecule has 1 saturated carbocycles. The number of nitrogens with zero attached hydrogens (tertiary/aromatic N) is 1. The Balaban J connectivity index is 2.44. The Kier molecular flexibility index (Phi) is 5.07. The van der Waals surface area contributed by atoms with Gasteiger partial charge in [0.15, 0.2) is 0 Å². The standard InChI is InChI=1S/C16H26N2O2S/c1-4-15-8-7-14(10-17)9-16(15)21(19,20)18(12(2)3)11-13-5-6-13/h7-9,12-13H,4-6,10-11,17H2,1-3H3. The van der Waals surface area contributed by atoms with E-state index in [1.807, 2.05) is 32.9 Å². The predicted octanol–water partition coefficient (Wildman–Crippen LogP) is 2.52. The Morgan fingerprint density at radius 2 is 2.00 bits per heavy atom. The fourth-order valence-electron chi connectivity index (χ4n) is 2.53. The second-order valence-corrected chi connectivity index (χ2v) is 7.97. The number of rotatable bonds is 7. The number of sulfonamides is 1. The third-order valence-electron chi connectivity index (χ3n) is 4.05. The normalized spacial score (nSPS) is 15.9. The highest BCUT2D eigenvalue weighted by Crippen LogP contribution is 2.33. The van der Waals surface area contributed by atoms with E-state index < -0.39 is 10.0 Å². The van der Waals surface area contributed by atoms with Crippen LogP contribution >= 0.6 is 0 Å². The van der Waals surface area contributed by atoms with Crippen molar-refractivity contribution in [2.45, 2.75) is 57.5 Å². The monoisotopic (exact) mass is 310 g/mol. The molecule has 0 unspecified atom stereocenters. The second kappa shape index (κ2) is 6.46. The maximum atomic E-state index is 13.1. The summed E-state index contributed by atoms with van der Waals surface area (Å²) in [5.74, 6) is 0.532. The van der Waals surface area contributed by atoms with Gasteiger partial charge in [0.1, 0.15) is 0 Å². The van der Waals surface area contributed by atoms with E-state index in [2.05, 4.69) is 0 Å². The van der Waals surface area contributed by atoms with E-state index >= 15 is 0 Å². The molecule has 1 fully saturated rings. The van der Waals surface area contributed by atoms with Crippen LogP contribution in [-0.4, -0.2) is 25.3 Å². The summed E-state index contributed by atoms with van der Waals surface area (Å²) in [6.07, 6.45) is 2.99. The highest BCUT2D eigenvalue weighted by Gasteiger charge is 2.34. The molecule has 4 nitrogen and oxygen atoms in total. The van der Waals surface area contributed by atoms with Crippen LogP contribution in [0.3, 0.4) is 0 Å². The first-order chi connectivity index (χ1) is 9.90. The van der Waals surface area contributed by atoms with Crippen LogP contribution in [0, 0.1) is 5.92 Å². The number of hydrogen-bond acceptors (Lipinski definition) is 3. The molecule has 1 aromatic rings. The number of aryl methyl sites for hydroxylation is 1. The Bertz CT molecular complexity index is 592. The maximum Gasteiger partial charge on any atom is 0.243 e. The predicted molar refractivity (Wildman–Crippen MR) is 85.5 cm³/mol. The minimum absolute atomic E-state index is 0.0261. The van der Waals surface area contributed by atoms with Gasteiger partial charge in [0.25, 0.3) is 0 Å². The zero-order valence-corrected chi connectivity index (χ0v) is 14.0. The summed E-state index contributed by atoms with van der Waals surface area (Å²) in [7, 11) is -3.45. The van der Waals surface area contributed by atoms with E-state index in [9.17, 15) is 8.42 Å². The Labute approximate surface area is 128 Å². The van der Waals surface area contributed by atoms with E-state index in [0.29, 0.717) is 30.3 Å². The number of benzene rings is 1. The van der Waals surface area contributed by atoms with Gasteiger partial charge in [-0.05, 0) is 56.2 Å². The van der Waals surface area contributed by atoms with Gasteiger partial charge in [-0.25, -0.2) is 8.42 Å². The second-order valence-electron chi connectivity index (χ2n) is 6.11. The molecule has 2 N–H and O–H groups in total. The van der Waals surface area contributed by atoms with Gasteiger partial charge >= 0.3 is 0 Å². The molecular weight excluding hydrogens is 284 g/mol. The summed E-state index contributed by atoms with van der Waals surface area (Å²) >= 11 is 0. The molecular formula is C16H26N2O2S. The van der Waals surface area contributed by atoms with E-state index in [0.717, 1.165) is 24.0 Å². The lowest BCUT2D eigenvalue weighted by Crippen LogP contribution is -2.39. The topological polar surface area (TPSA) is 63.4 Å². The summed E-state index contributed by atoms with van der Waals surface area (Å²) in [4.78, 5) is 0.433. The fraction of sp³-hybridized carbons (Fsp3) is 0.625. The Hall–Kier alpha value is -0.910. The van der Waals surface area contributed by atoms with Crippen molar-refractivity contribution in [3.63, 3.8) is 0 Å². The summed E-state index contributed by atoms with van der Waals surface area (Å²) in [5.41, 5.74) is 7.40. The molecule has 1 aliphatic rings. The molecule has 0 atom stereocenters. The van der Waals surface area contributed by atoms with E-state index in [-0.39, 0.29) is 6.04 Å². The summed E-state index contributed by atoms with van der Waals surface area (Å²) in [6, 6.07) is 5.53. The van der Waals surface area contributed by atoms with Crippen LogP contribution in [-0.2, 0) is 23.0 Å². The first-order valence-electron chi connectivity index (χ1n) is 7.73. The van der Waals surface area contributed by atoms with Crippen LogP contribution in [0.25, 0.3) is 0 Å². The molecule has 2 rings (SSSR count). The summed E-state index contributed by atoms with van der Waals surface area (Å²) in [6.45, 7) is 6.86. The van der Waals surface area contributed by atoms with Crippen molar-refractivity contribution in [3.05, 3.63) is 29.3 Å². The molecule has 0 aliphatic heterocycles. The van der Waals surface area contributed by atoms with Crippen molar-refractivity contribution in [1.29, 1.82) is 0 Å².